The van der Waals surface area contributed by atoms with Gasteiger partial charge in [-0.25, -0.2) is 0 Å². The molecule has 0 aliphatic heterocycles. The second-order valence-electron chi connectivity index (χ2n) is 24.6. The molecule has 0 N–H and O–H groups in total. The van der Waals surface area contributed by atoms with E-state index in [1.807, 2.05) is 0 Å². The maximum absolute atomic E-state index is 10.3. The van der Waals surface area contributed by atoms with E-state index in [2.05, 4.69) is 20.8 Å². The normalized spacial score (nSPS) is 11.0. The number of carboxylic acid groups (broad SMARTS) is 3. The molecule has 0 rings (SSSR count). The molecule has 468 valence electrons. The van der Waals surface area contributed by atoms with Crippen molar-refractivity contribution in [1.29, 1.82) is 0 Å². The molecule has 6 nitrogen and oxygen atoms in total. The van der Waals surface area contributed by atoms with Gasteiger partial charge in [-0.2, -0.15) is 0 Å². The minimum atomic E-state index is -0.900. The number of hydrogen-bond donors (Lipinski definition) is 0. The summed E-state index contributed by atoms with van der Waals surface area (Å²) < 4.78 is 0. The van der Waals surface area contributed by atoms with Crippen molar-refractivity contribution in [3.8, 4) is 0 Å². The van der Waals surface area contributed by atoms with Gasteiger partial charge in [0.15, 0.2) is 0 Å². The van der Waals surface area contributed by atoms with E-state index in [1.54, 1.807) is 0 Å². The maximum Gasteiger partial charge on any atom is 3.00 e. The van der Waals surface area contributed by atoms with E-state index in [1.165, 1.54) is 366 Å². The Labute approximate surface area is 524 Å². The number of carboxylic acids is 3. The van der Waals surface area contributed by atoms with Crippen LogP contribution in [0.2, 0.25) is 0 Å². The Morgan fingerprint density at radius 1 is 0.165 bits per heavy atom. The van der Waals surface area contributed by atoms with E-state index in [0.29, 0.717) is 0 Å². The Morgan fingerprint density at radius 3 is 0.316 bits per heavy atom. The van der Waals surface area contributed by atoms with Gasteiger partial charge in [-0.3, -0.25) is 0 Å². The van der Waals surface area contributed by atoms with Crippen LogP contribution in [-0.2, 0) is 14.4 Å². The Morgan fingerprint density at radius 2 is 0.241 bits per heavy atom. The molecule has 0 heterocycles. The third-order valence-electron chi connectivity index (χ3n) is 16.5. The SMILES string of the molecule is CCCCCCCCCCCCCCCCCCCCCCCC(=O)[O-].CCCCCCCCCCCCCCCCCCCCCCCC(=O)[O-].CCCCCCCCCCCCCCCCCCCCCCCC(=O)[O-].[La+3]. The van der Waals surface area contributed by atoms with E-state index in [-0.39, 0.29) is 54.9 Å². The Hall–Kier alpha value is -0.395. The number of hydrogen-bond acceptors (Lipinski definition) is 6. The molecule has 0 unspecified atom stereocenters. The molecule has 0 amide bonds. The van der Waals surface area contributed by atoms with Crippen molar-refractivity contribution in [2.45, 2.75) is 445 Å². The second-order valence-corrected chi connectivity index (χ2v) is 24.6. The van der Waals surface area contributed by atoms with Gasteiger partial charge >= 0.3 is 35.6 Å². The van der Waals surface area contributed by atoms with Crippen molar-refractivity contribution in [2.75, 3.05) is 0 Å². The summed E-state index contributed by atoms with van der Waals surface area (Å²) in [6, 6.07) is 0. The zero-order valence-corrected chi connectivity index (χ0v) is 57.8. The topological polar surface area (TPSA) is 120 Å². The van der Waals surface area contributed by atoms with Crippen LogP contribution in [0.4, 0.5) is 0 Å². The van der Waals surface area contributed by atoms with E-state index >= 15 is 0 Å². The molecule has 7 heteroatoms. The molecule has 0 aliphatic rings. The first-order chi connectivity index (χ1) is 38.3. The fourth-order valence-electron chi connectivity index (χ4n) is 11.1. The van der Waals surface area contributed by atoms with E-state index in [0.717, 1.165) is 38.5 Å². The molecular weight excluding hydrogens is 1100 g/mol. The third kappa shape index (κ3) is 94.2. The monoisotopic (exact) mass is 1240 g/mol. The first-order valence-corrected chi connectivity index (χ1v) is 35.9. The van der Waals surface area contributed by atoms with Crippen molar-refractivity contribution in [3.05, 3.63) is 0 Å². The van der Waals surface area contributed by atoms with E-state index in [4.69, 9.17) is 0 Å². The zero-order chi connectivity index (χ0) is 57.4. The van der Waals surface area contributed by atoms with Crippen molar-refractivity contribution >= 4 is 17.9 Å². The van der Waals surface area contributed by atoms with Gasteiger partial charge < -0.3 is 29.7 Å². The van der Waals surface area contributed by atoms with Gasteiger partial charge in [0.2, 0.25) is 0 Å². The van der Waals surface area contributed by atoms with Gasteiger partial charge in [-0.15, -0.1) is 0 Å². The molecular formula is C72H141LaO6. The molecule has 0 aliphatic carbocycles. The second kappa shape index (κ2) is 81.8. The largest absolute Gasteiger partial charge is 3.00 e. The van der Waals surface area contributed by atoms with Crippen LogP contribution in [0, 0.1) is 35.6 Å². The molecule has 0 saturated carbocycles. The van der Waals surface area contributed by atoms with Crippen LogP contribution in [0.15, 0.2) is 0 Å². The van der Waals surface area contributed by atoms with Crippen molar-refractivity contribution < 1.29 is 65.3 Å². The third-order valence-corrected chi connectivity index (χ3v) is 16.5. The molecule has 0 fully saturated rings. The summed E-state index contributed by atoms with van der Waals surface area (Å²) in [5.41, 5.74) is 0. The number of rotatable bonds is 66. The predicted molar refractivity (Wildman–Crippen MR) is 337 cm³/mol. The average molecular weight is 1240 g/mol. The van der Waals surface area contributed by atoms with Crippen molar-refractivity contribution in [1.82, 2.24) is 0 Å². The van der Waals surface area contributed by atoms with Crippen LogP contribution in [0.3, 0.4) is 0 Å². The summed E-state index contributed by atoms with van der Waals surface area (Å²) in [4.78, 5) is 30.9. The van der Waals surface area contributed by atoms with Crippen LogP contribution in [0.25, 0.3) is 0 Å². The molecule has 79 heavy (non-hydrogen) atoms. The number of unbranched alkanes of at least 4 members (excludes halogenated alkanes) is 60. The number of aliphatic carboxylic acids is 3. The van der Waals surface area contributed by atoms with Crippen LogP contribution in [0.1, 0.15) is 445 Å². The minimum Gasteiger partial charge on any atom is -0.550 e. The van der Waals surface area contributed by atoms with Gasteiger partial charge in [0, 0.05) is 17.9 Å². The fourth-order valence-corrected chi connectivity index (χ4v) is 11.1. The van der Waals surface area contributed by atoms with Gasteiger partial charge in [0.1, 0.15) is 0 Å². The molecule has 0 atom stereocenters. The maximum atomic E-state index is 10.3. The van der Waals surface area contributed by atoms with Crippen LogP contribution >= 0.6 is 0 Å². The van der Waals surface area contributed by atoms with Gasteiger partial charge in [0.05, 0.1) is 0 Å². The molecule has 0 saturated heterocycles. The van der Waals surface area contributed by atoms with E-state index in [9.17, 15) is 29.7 Å². The first kappa shape index (κ1) is 85.1. The smallest absolute Gasteiger partial charge is 0.550 e. The predicted octanol–water partition coefficient (Wildman–Crippen LogP) is 22.0. The molecule has 0 aromatic rings. The Kier molecular flexibility index (Phi) is 88.1. The summed E-state index contributed by atoms with van der Waals surface area (Å²) in [5, 5.41) is 30.9. The summed E-state index contributed by atoms with van der Waals surface area (Å²) in [7, 11) is 0. The Bertz CT molecular complexity index is 967. The quantitative estimate of drug-likeness (QED) is 0.0559. The molecule has 0 spiro atoms. The van der Waals surface area contributed by atoms with E-state index < -0.39 is 17.9 Å². The summed E-state index contributed by atoms with van der Waals surface area (Å²) in [6.07, 6.45) is 86.1. The molecule has 0 aromatic carbocycles. The van der Waals surface area contributed by atoms with Crippen LogP contribution in [0.5, 0.6) is 0 Å². The van der Waals surface area contributed by atoms with Crippen molar-refractivity contribution in [2.24, 2.45) is 0 Å². The minimum absolute atomic E-state index is 0. The van der Waals surface area contributed by atoms with Crippen LogP contribution < -0.4 is 15.3 Å². The molecule has 0 bridgehead atoms. The summed E-state index contributed by atoms with van der Waals surface area (Å²) in [5.74, 6) is -2.70. The standard InChI is InChI=1S/3C24H48O2.La/c3*1-2-3-4-5-6-7-8-9-10-11-12-13-14-15-16-17-18-19-20-21-22-23-24(25)26;/h3*2-23H2,1H3,(H,25,26);/q;;;+3/p-3. The summed E-state index contributed by atoms with van der Waals surface area (Å²) >= 11 is 0. The van der Waals surface area contributed by atoms with Crippen molar-refractivity contribution in [3.63, 3.8) is 0 Å². The van der Waals surface area contributed by atoms with Gasteiger partial charge in [-0.1, -0.05) is 406 Å². The van der Waals surface area contributed by atoms with Gasteiger partial charge in [0.25, 0.3) is 0 Å². The zero-order valence-electron chi connectivity index (χ0n) is 54.2. The first-order valence-electron chi connectivity index (χ1n) is 35.9. The fraction of sp³-hybridized carbons (Fsp3) is 0.958. The van der Waals surface area contributed by atoms with Gasteiger partial charge in [-0.05, 0) is 38.5 Å². The Balaban J connectivity index is -0.000000531. The molecule has 0 radical (unpaired) electrons. The molecule has 0 aromatic heterocycles. The average Bonchev–Trinajstić information content (AvgIpc) is 3.42. The number of carbonyl (C=O) groups excluding carboxylic acids is 3. The summed E-state index contributed by atoms with van der Waals surface area (Å²) in [6.45, 7) is 6.86. The number of carbonyl (C=O) groups is 3. The van der Waals surface area contributed by atoms with Crippen LogP contribution in [-0.4, -0.2) is 17.9 Å².